The SMILES string of the molecule is COc1ccccc1NS(=O)(=O)c1ccc(C)c(C(=O)NCCC(C)N)c1.Cl. The van der Waals surface area contributed by atoms with Crippen molar-refractivity contribution < 1.29 is 17.9 Å². The lowest BCUT2D eigenvalue weighted by Gasteiger charge is -2.14. The summed E-state index contributed by atoms with van der Waals surface area (Å²) in [6.45, 7) is 4.03. The molecule has 1 atom stereocenters. The molecule has 0 heterocycles. The van der Waals surface area contributed by atoms with Gasteiger partial charge in [0.25, 0.3) is 15.9 Å². The highest BCUT2D eigenvalue weighted by atomic mass is 35.5. The van der Waals surface area contributed by atoms with Crippen LogP contribution in [0, 0.1) is 6.92 Å². The van der Waals surface area contributed by atoms with E-state index in [1.165, 1.54) is 19.2 Å². The summed E-state index contributed by atoms with van der Waals surface area (Å²) in [5.74, 6) is 0.0737. The predicted molar refractivity (Wildman–Crippen MR) is 113 cm³/mol. The highest BCUT2D eigenvalue weighted by Crippen LogP contribution is 2.26. The van der Waals surface area contributed by atoms with Gasteiger partial charge in [-0.25, -0.2) is 8.42 Å². The number of aryl methyl sites for hydroxylation is 1. The third kappa shape index (κ3) is 6.12. The molecule has 9 heteroatoms. The molecule has 7 nitrogen and oxygen atoms in total. The number of nitrogens with two attached hydrogens (primary N) is 1. The van der Waals surface area contributed by atoms with Crippen LogP contribution in [0.25, 0.3) is 0 Å². The number of methoxy groups -OCH3 is 1. The van der Waals surface area contributed by atoms with Gasteiger partial charge >= 0.3 is 0 Å². The maximum atomic E-state index is 12.7. The summed E-state index contributed by atoms with van der Waals surface area (Å²) >= 11 is 0. The first kappa shape index (κ1) is 23.7. The molecule has 0 aliphatic heterocycles. The van der Waals surface area contributed by atoms with Gasteiger partial charge in [0.15, 0.2) is 0 Å². The fourth-order valence-corrected chi connectivity index (χ4v) is 3.55. The Morgan fingerprint density at radius 2 is 1.89 bits per heavy atom. The van der Waals surface area contributed by atoms with Gasteiger partial charge in [-0.3, -0.25) is 9.52 Å². The first-order valence-electron chi connectivity index (χ1n) is 8.55. The zero-order valence-corrected chi connectivity index (χ0v) is 17.7. The molecular formula is C19H26ClN3O4S. The molecule has 0 aromatic heterocycles. The van der Waals surface area contributed by atoms with Crippen molar-refractivity contribution in [3.05, 3.63) is 53.6 Å². The van der Waals surface area contributed by atoms with Crippen molar-refractivity contribution in [2.24, 2.45) is 5.73 Å². The fraction of sp³-hybridized carbons (Fsp3) is 0.316. The molecule has 0 fully saturated rings. The summed E-state index contributed by atoms with van der Waals surface area (Å²) in [5, 5.41) is 2.76. The normalized spacial score (nSPS) is 11.9. The molecule has 4 N–H and O–H groups in total. The molecule has 0 bridgehead atoms. The Labute approximate surface area is 172 Å². The molecule has 0 radical (unpaired) electrons. The molecule has 0 saturated carbocycles. The van der Waals surface area contributed by atoms with E-state index in [-0.39, 0.29) is 29.3 Å². The number of anilines is 1. The summed E-state index contributed by atoms with van der Waals surface area (Å²) in [6, 6.07) is 11.1. The van der Waals surface area contributed by atoms with E-state index in [9.17, 15) is 13.2 Å². The van der Waals surface area contributed by atoms with Crippen LogP contribution < -0.4 is 20.5 Å². The van der Waals surface area contributed by atoms with Crippen molar-refractivity contribution in [1.29, 1.82) is 0 Å². The quantitative estimate of drug-likeness (QED) is 0.599. The van der Waals surface area contributed by atoms with E-state index in [1.54, 1.807) is 37.3 Å². The number of ether oxygens (including phenoxy) is 1. The van der Waals surface area contributed by atoms with Crippen LogP contribution in [-0.2, 0) is 10.0 Å². The molecule has 0 spiro atoms. The minimum absolute atomic E-state index is 0. The standard InChI is InChI=1S/C19H25N3O4S.ClH/c1-13-8-9-15(12-16(13)19(23)21-11-10-14(2)20)27(24,25)22-17-6-4-5-7-18(17)26-3;/h4-9,12,14,22H,10-11,20H2,1-3H3,(H,21,23);1H. The minimum atomic E-state index is -3.88. The number of halogens is 1. The highest BCUT2D eigenvalue weighted by molar-refractivity contribution is 7.92. The number of sulfonamides is 1. The third-order valence-corrected chi connectivity index (χ3v) is 5.36. The van der Waals surface area contributed by atoms with Gasteiger partial charge in [-0.2, -0.15) is 0 Å². The van der Waals surface area contributed by atoms with Crippen LogP contribution in [0.4, 0.5) is 5.69 Å². The fourth-order valence-electron chi connectivity index (χ4n) is 2.45. The minimum Gasteiger partial charge on any atom is -0.495 e. The number of carbonyl (C=O) groups excluding carboxylic acids is 1. The van der Waals surface area contributed by atoms with Crippen molar-refractivity contribution in [3.63, 3.8) is 0 Å². The zero-order valence-electron chi connectivity index (χ0n) is 16.1. The molecule has 0 aliphatic carbocycles. The van der Waals surface area contributed by atoms with Gasteiger partial charge in [-0.15, -0.1) is 12.4 Å². The number of benzene rings is 2. The number of nitrogens with one attached hydrogen (secondary N) is 2. The van der Waals surface area contributed by atoms with Gasteiger partial charge in [0.1, 0.15) is 5.75 Å². The van der Waals surface area contributed by atoms with E-state index < -0.39 is 10.0 Å². The summed E-state index contributed by atoms with van der Waals surface area (Å²) in [6.07, 6.45) is 0.637. The number of hydrogen-bond donors (Lipinski definition) is 3. The van der Waals surface area contributed by atoms with Crippen LogP contribution >= 0.6 is 12.4 Å². The largest absolute Gasteiger partial charge is 0.495 e. The number of para-hydroxylation sites is 2. The lowest BCUT2D eigenvalue weighted by Crippen LogP contribution is -2.29. The van der Waals surface area contributed by atoms with Crippen molar-refractivity contribution in [3.8, 4) is 5.75 Å². The Kier molecular flexibility index (Phi) is 8.74. The van der Waals surface area contributed by atoms with Crippen LogP contribution in [-0.4, -0.2) is 34.0 Å². The van der Waals surface area contributed by atoms with Gasteiger partial charge in [0.05, 0.1) is 17.7 Å². The van der Waals surface area contributed by atoms with E-state index in [0.717, 1.165) is 0 Å². The number of rotatable bonds is 8. The Morgan fingerprint density at radius 3 is 2.54 bits per heavy atom. The lowest BCUT2D eigenvalue weighted by atomic mass is 10.1. The summed E-state index contributed by atoms with van der Waals surface area (Å²) in [5.41, 5.74) is 6.99. The second kappa shape index (κ2) is 10.3. The van der Waals surface area contributed by atoms with Crippen LogP contribution in [0.15, 0.2) is 47.4 Å². The molecule has 2 aromatic carbocycles. The molecule has 1 amide bonds. The van der Waals surface area contributed by atoms with Crippen LogP contribution in [0.2, 0.25) is 0 Å². The number of amides is 1. The lowest BCUT2D eigenvalue weighted by molar-refractivity contribution is 0.0952. The molecule has 28 heavy (non-hydrogen) atoms. The van der Waals surface area contributed by atoms with Crippen LogP contribution in [0.1, 0.15) is 29.3 Å². The maximum absolute atomic E-state index is 12.7. The predicted octanol–water partition coefficient (Wildman–Crippen LogP) is 2.69. The topological polar surface area (TPSA) is 111 Å². The van der Waals surface area contributed by atoms with E-state index in [4.69, 9.17) is 10.5 Å². The third-order valence-electron chi connectivity index (χ3n) is 4.00. The van der Waals surface area contributed by atoms with Gasteiger partial charge in [-0.1, -0.05) is 18.2 Å². The van der Waals surface area contributed by atoms with Gasteiger partial charge in [0.2, 0.25) is 0 Å². The average Bonchev–Trinajstić information content (AvgIpc) is 2.61. The summed E-state index contributed by atoms with van der Waals surface area (Å²) in [4.78, 5) is 12.4. The van der Waals surface area contributed by atoms with Crippen molar-refractivity contribution in [2.45, 2.75) is 31.2 Å². The van der Waals surface area contributed by atoms with Crippen molar-refractivity contribution in [2.75, 3.05) is 18.4 Å². The molecular weight excluding hydrogens is 402 g/mol. The molecule has 154 valence electrons. The Bertz CT molecular complexity index is 917. The van der Waals surface area contributed by atoms with E-state index in [0.29, 0.717) is 35.5 Å². The molecule has 1 unspecified atom stereocenters. The second-order valence-electron chi connectivity index (χ2n) is 6.30. The van der Waals surface area contributed by atoms with Crippen molar-refractivity contribution in [1.82, 2.24) is 5.32 Å². The first-order chi connectivity index (χ1) is 12.7. The molecule has 0 saturated heterocycles. The smallest absolute Gasteiger partial charge is 0.262 e. The monoisotopic (exact) mass is 427 g/mol. The molecule has 0 aliphatic rings. The number of hydrogen-bond acceptors (Lipinski definition) is 5. The summed E-state index contributed by atoms with van der Waals surface area (Å²) < 4.78 is 33.2. The highest BCUT2D eigenvalue weighted by Gasteiger charge is 2.19. The Morgan fingerprint density at radius 1 is 1.21 bits per heavy atom. The van der Waals surface area contributed by atoms with Gasteiger partial charge < -0.3 is 15.8 Å². The first-order valence-corrected chi connectivity index (χ1v) is 10.0. The van der Waals surface area contributed by atoms with Crippen molar-refractivity contribution >= 4 is 34.0 Å². The van der Waals surface area contributed by atoms with E-state index >= 15 is 0 Å². The Hall–Kier alpha value is -2.29. The average molecular weight is 428 g/mol. The van der Waals surface area contributed by atoms with E-state index in [2.05, 4.69) is 10.0 Å². The van der Waals surface area contributed by atoms with Gasteiger partial charge in [0, 0.05) is 18.2 Å². The van der Waals surface area contributed by atoms with Crippen LogP contribution in [0.5, 0.6) is 5.75 Å². The molecule has 2 aromatic rings. The summed E-state index contributed by atoms with van der Waals surface area (Å²) in [7, 11) is -2.42. The van der Waals surface area contributed by atoms with E-state index in [1.807, 2.05) is 6.92 Å². The number of carbonyl (C=O) groups is 1. The van der Waals surface area contributed by atoms with Crippen LogP contribution in [0.3, 0.4) is 0 Å². The maximum Gasteiger partial charge on any atom is 0.262 e. The molecule has 2 rings (SSSR count). The Balaban J connectivity index is 0.00000392. The zero-order chi connectivity index (χ0) is 20.0. The van der Waals surface area contributed by atoms with Gasteiger partial charge in [-0.05, 0) is 50.1 Å². The second-order valence-corrected chi connectivity index (χ2v) is 7.99.